The normalized spacial score (nSPS) is 10.6. The molecule has 2 N–H and O–H groups in total. The van der Waals surface area contributed by atoms with Gasteiger partial charge >= 0.3 is 0 Å². The fraction of sp³-hybridized carbons (Fsp3) is 0. The molecule has 0 aliphatic carbocycles. The Morgan fingerprint density at radius 1 is 0.844 bits per heavy atom. The molecule has 1 amide bonds. The zero-order chi connectivity index (χ0) is 21.8. The molecule has 0 fully saturated rings. The maximum atomic E-state index is 12.7. The van der Waals surface area contributed by atoms with Crippen LogP contribution in [0.1, 0.15) is 10.4 Å². The number of carbonyl (C=O) groups is 1. The van der Waals surface area contributed by atoms with Crippen molar-refractivity contribution in [3.8, 4) is 11.5 Å². The van der Waals surface area contributed by atoms with E-state index < -0.39 is 0 Å². The Balaban J connectivity index is 1.27. The molecule has 2 aromatic heterocycles. The number of carbonyl (C=O) groups excluding carboxylic acids is 1. The van der Waals surface area contributed by atoms with E-state index in [4.69, 9.17) is 4.74 Å². The van der Waals surface area contributed by atoms with Crippen LogP contribution < -0.4 is 15.4 Å². The summed E-state index contributed by atoms with van der Waals surface area (Å²) in [7, 11) is 0. The van der Waals surface area contributed by atoms with Crippen LogP contribution in [0.15, 0.2) is 97.3 Å². The number of para-hydroxylation sites is 1. The summed E-state index contributed by atoms with van der Waals surface area (Å²) in [5, 5.41) is 6.91. The van der Waals surface area contributed by atoms with Crippen molar-refractivity contribution in [2.75, 3.05) is 10.6 Å². The van der Waals surface area contributed by atoms with Crippen LogP contribution in [0.5, 0.6) is 11.5 Å². The highest BCUT2D eigenvalue weighted by Crippen LogP contribution is 2.29. The fourth-order valence-electron chi connectivity index (χ4n) is 3.11. The predicted octanol–water partition coefficient (Wildman–Crippen LogP) is 6.48. The molecule has 2 heterocycles. The number of thiazole rings is 1. The molecule has 0 saturated carbocycles. The number of ether oxygens (including phenoxy) is 1. The van der Waals surface area contributed by atoms with E-state index in [1.54, 1.807) is 18.5 Å². The zero-order valence-corrected chi connectivity index (χ0v) is 17.7. The number of nitrogens with one attached hydrogen (secondary N) is 2. The van der Waals surface area contributed by atoms with Crippen molar-refractivity contribution in [2.24, 2.45) is 0 Å². The standard InChI is InChI=1S/C25H18N4O2S/c30-24(27-18-9-11-21(12-10-18)31-20-6-2-1-3-7-20)17-8-13-22-23(15-17)32-25(29-22)28-19-5-4-14-26-16-19/h1-16H,(H,27,30)(H,28,29). The van der Waals surface area contributed by atoms with E-state index in [0.717, 1.165) is 26.8 Å². The monoisotopic (exact) mass is 438 g/mol. The van der Waals surface area contributed by atoms with Gasteiger partial charge in [-0.25, -0.2) is 4.98 Å². The van der Waals surface area contributed by atoms with Gasteiger partial charge in [0, 0.05) is 17.4 Å². The van der Waals surface area contributed by atoms with Gasteiger partial charge in [-0.15, -0.1) is 0 Å². The molecule has 7 heteroatoms. The number of benzene rings is 3. The predicted molar refractivity (Wildman–Crippen MR) is 128 cm³/mol. The number of anilines is 3. The highest BCUT2D eigenvalue weighted by Gasteiger charge is 2.11. The van der Waals surface area contributed by atoms with Gasteiger partial charge in [-0.05, 0) is 66.7 Å². The molecule has 156 valence electrons. The van der Waals surface area contributed by atoms with E-state index in [1.165, 1.54) is 11.3 Å². The average molecular weight is 439 g/mol. The first-order chi connectivity index (χ1) is 15.7. The van der Waals surface area contributed by atoms with Crippen molar-refractivity contribution in [1.82, 2.24) is 9.97 Å². The number of nitrogens with zero attached hydrogens (tertiary/aromatic N) is 2. The Hall–Kier alpha value is -4.23. The van der Waals surface area contributed by atoms with Crippen molar-refractivity contribution in [2.45, 2.75) is 0 Å². The maximum Gasteiger partial charge on any atom is 0.255 e. The lowest BCUT2D eigenvalue weighted by Gasteiger charge is -2.08. The molecule has 3 aromatic carbocycles. The number of pyridine rings is 1. The van der Waals surface area contributed by atoms with Crippen molar-refractivity contribution >= 4 is 44.0 Å². The summed E-state index contributed by atoms with van der Waals surface area (Å²) >= 11 is 1.49. The molecule has 0 aliphatic heterocycles. The zero-order valence-electron chi connectivity index (χ0n) is 16.9. The first-order valence-corrected chi connectivity index (χ1v) is 10.8. The molecular weight excluding hydrogens is 420 g/mol. The first kappa shape index (κ1) is 19.7. The molecule has 0 saturated heterocycles. The lowest BCUT2D eigenvalue weighted by Crippen LogP contribution is -2.11. The van der Waals surface area contributed by atoms with Gasteiger partial charge in [0.05, 0.1) is 22.1 Å². The summed E-state index contributed by atoms with van der Waals surface area (Å²) in [6.45, 7) is 0. The molecule has 0 atom stereocenters. The Morgan fingerprint density at radius 2 is 1.66 bits per heavy atom. The van der Waals surface area contributed by atoms with Crippen LogP contribution in [0.3, 0.4) is 0 Å². The number of rotatable bonds is 6. The largest absolute Gasteiger partial charge is 0.457 e. The lowest BCUT2D eigenvalue weighted by atomic mass is 10.2. The Labute approximate surface area is 188 Å². The molecule has 0 unspecified atom stereocenters. The topological polar surface area (TPSA) is 76.1 Å². The van der Waals surface area contributed by atoms with Crippen LogP contribution in [-0.4, -0.2) is 15.9 Å². The van der Waals surface area contributed by atoms with Gasteiger partial charge in [0.1, 0.15) is 11.5 Å². The molecule has 6 nitrogen and oxygen atoms in total. The van der Waals surface area contributed by atoms with E-state index in [-0.39, 0.29) is 5.91 Å². The molecule has 0 radical (unpaired) electrons. The van der Waals surface area contributed by atoms with Gasteiger partial charge in [-0.1, -0.05) is 29.5 Å². The van der Waals surface area contributed by atoms with Crippen LogP contribution in [0, 0.1) is 0 Å². The van der Waals surface area contributed by atoms with E-state index in [0.29, 0.717) is 17.0 Å². The number of amides is 1. The molecule has 0 spiro atoms. The summed E-state index contributed by atoms with van der Waals surface area (Å²) < 4.78 is 6.71. The van der Waals surface area contributed by atoms with Crippen molar-refractivity contribution in [3.63, 3.8) is 0 Å². The highest BCUT2D eigenvalue weighted by molar-refractivity contribution is 7.22. The minimum absolute atomic E-state index is 0.182. The van der Waals surface area contributed by atoms with Gasteiger partial charge in [0.25, 0.3) is 5.91 Å². The van der Waals surface area contributed by atoms with Crippen LogP contribution >= 0.6 is 11.3 Å². The third kappa shape index (κ3) is 4.58. The Morgan fingerprint density at radius 3 is 2.44 bits per heavy atom. The second-order valence-electron chi connectivity index (χ2n) is 6.96. The summed E-state index contributed by atoms with van der Waals surface area (Å²) in [4.78, 5) is 21.4. The number of hydrogen-bond acceptors (Lipinski definition) is 6. The number of aromatic nitrogens is 2. The van der Waals surface area contributed by atoms with Gasteiger partial charge in [0.2, 0.25) is 0 Å². The minimum Gasteiger partial charge on any atom is -0.457 e. The van der Waals surface area contributed by atoms with Crippen molar-refractivity contribution in [1.29, 1.82) is 0 Å². The van der Waals surface area contributed by atoms with Gasteiger partial charge in [0.15, 0.2) is 5.13 Å². The van der Waals surface area contributed by atoms with E-state index >= 15 is 0 Å². The molecule has 5 rings (SSSR count). The second kappa shape index (κ2) is 8.87. The third-order valence-electron chi connectivity index (χ3n) is 4.65. The molecule has 0 aliphatic rings. The Kier molecular flexibility index (Phi) is 5.47. The van der Waals surface area contributed by atoms with E-state index in [2.05, 4.69) is 20.6 Å². The van der Waals surface area contributed by atoms with E-state index in [9.17, 15) is 4.79 Å². The van der Waals surface area contributed by atoms with Crippen molar-refractivity contribution in [3.05, 3.63) is 103 Å². The smallest absolute Gasteiger partial charge is 0.255 e. The van der Waals surface area contributed by atoms with Crippen LogP contribution in [0.4, 0.5) is 16.5 Å². The molecule has 5 aromatic rings. The fourth-order valence-corrected chi connectivity index (χ4v) is 4.04. The van der Waals surface area contributed by atoms with Crippen molar-refractivity contribution < 1.29 is 9.53 Å². The minimum atomic E-state index is -0.182. The SMILES string of the molecule is O=C(Nc1ccc(Oc2ccccc2)cc1)c1ccc2nc(Nc3cccnc3)sc2c1. The van der Waals surface area contributed by atoms with Gasteiger partial charge in [-0.3, -0.25) is 9.78 Å². The molecular formula is C25H18N4O2S. The van der Waals surface area contributed by atoms with Crippen LogP contribution in [-0.2, 0) is 0 Å². The molecule has 32 heavy (non-hydrogen) atoms. The van der Waals surface area contributed by atoms with Gasteiger partial charge in [-0.2, -0.15) is 0 Å². The highest BCUT2D eigenvalue weighted by atomic mass is 32.1. The second-order valence-corrected chi connectivity index (χ2v) is 7.99. The quantitative estimate of drug-likeness (QED) is 0.317. The number of fused-ring (bicyclic) bond motifs is 1. The number of hydrogen-bond donors (Lipinski definition) is 2. The molecule has 0 bridgehead atoms. The maximum absolute atomic E-state index is 12.7. The van der Waals surface area contributed by atoms with Gasteiger partial charge < -0.3 is 15.4 Å². The Bertz CT molecular complexity index is 1350. The third-order valence-corrected chi connectivity index (χ3v) is 5.59. The summed E-state index contributed by atoms with van der Waals surface area (Å²) in [5.41, 5.74) is 2.96. The summed E-state index contributed by atoms with van der Waals surface area (Å²) in [6.07, 6.45) is 3.46. The average Bonchev–Trinajstić information content (AvgIpc) is 3.23. The first-order valence-electron chi connectivity index (χ1n) is 9.95. The summed E-state index contributed by atoms with van der Waals surface area (Å²) in [5.74, 6) is 1.28. The summed E-state index contributed by atoms with van der Waals surface area (Å²) in [6, 6.07) is 26.1. The lowest BCUT2D eigenvalue weighted by molar-refractivity contribution is 0.102. The van der Waals surface area contributed by atoms with E-state index in [1.807, 2.05) is 78.9 Å². The van der Waals surface area contributed by atoms with Crippen LogP contribution in [0.2, 0.25) is 0 Å². The van der Waals surface area contributed by atoms with Crippen LogP contribution in [0.25, 0.3) is 10.2 Å².